The smallest absolute Gasteiger partial charge is 0.410 e. The highest BCUT2D eigenvalue weighted by molar-refractivity contribution is 6.06. The number of rotatable bonds is 8. The van der Waals surface area contributed by atoms with E-state index >= 15 is 0 Å². The molecule has 1 aromatic heterocycles. The zero-order valence-corrected chi connectivity index (χ0v) is 29.8. The largest absolute Gasteiger partial charge is 0.444 e. The van der Waals surface area contributed by atoms with Crippen molar-refractivity contribution in [3.05, 3.63) is 88.6 Å². The van der Waals surface area contributed by atoms with Crippen molar-refractivity contribution in [2.45, 2.75) is 96.2 Å². The number of carbonyl (C=O) groups excluding carboxylic acids is 4. The number of hydrogen-bond acceptors (Lipinski definition) is 6. The van der Waals surface area contributed by atoms with Gasteiger partial charge in [-0.1, -0.05) is 43.3 Å². The first-order valence-corrected chi connectivity index (χ1v) is 17.3. The van der Waals surface area contributed by atoms with E-state index in [0.717, 1.165) is 22.3 Å². The van der Waals surface area contributed by atoms with Gasteiger partial charge in [-0.3, -0.25) is 14.4 Å². The number of carbonyl (C=O) groups is 4. The highest BCUT2D eigenvalue weighted by atomic mass is 19.3. The summed E-state index contributed by atoms with van der Waals surface area (Å²) in [5, 5.41) is 5.83. The average molecular weight is 702 g/mol. The number of benzene rings is 2. The maximum atomic E-state index is 14.2. The molecule has 1 atom stereocenters. The standard InChI is InChI=1S/C39H45F2N5O5/c1-36(2,3)51-35(50)45(5)22-26-9-6-7-10-27(26)23-46(34(49)37(4)14-16-39(40,41)17-15-37)24-31(47)43-29-13-12-25-20-38(21-28(25)19-29)30-11-8-18-42-32(30)44-33(38)48/h6-13,18-19H,14-17,20-24H2,1-5H3,(H,43,47)(H,42,44,48)/t38-/m1/s1. The molecule has 12 heteroatoms. The van der Waals surface area contributed by atoms with E-state index < -0.39 is 47.2 Å². The van der Waals surface area contributed by atoms with Crippen LogP contribution >= 0.6 is 0 Å². The van der Waals surface area contributed by atoms with Crippen molar-refractivity contribution in [2.75, 3.05) is 24.2 Å². The maximum Gasteiger partial charge on any atom is 0.410 e. The number of alkyl halides is 2. The van der Waals surface area contributed by atoms with Gasteiger partial charge in [0.05, 0.1) is 5.41 Å². The van der Waals surface area contributed by atoms with Crippen LogP contribution in [0.25, 0.3) is 0 Å². The highest BCUT2D eigenvalue weighted by Gasteiger charge is 2.51. The number of pyridine rings is 1. The van der Waals surface area contributed by atoms with Crippen LogP contribution in [0, 0.1) is 5.41 Å². The van der Waals surface area contributed by atoms with Crippen molar-refractivity contribution in [3.63, 3.8) is 0 Å². The summed E-state index contributed by atoms with van der Waals surface area (Å²) in [5.41, 5.74) is 2.29. The van der Waals surface area contributed by atoms with Gasteiger partial charge in [-0.15, -0.1) is 0 Å². The van der Waals surface area contributed by atoms with Gasteiger partial charge in [0.15, 0.2) is 0 Å². The van der Waals surface area contributed by atoms with Gasteiger partial charge in [0.1, 0.15) is 18.0 Å². The molecule has 270 valence electrons. The molecule has 0 radical (unpaired) electrons. The van der Waals surface area contributed by atoms with E-state index in [4.69, 9.17) is 4.74 Å². The Morgan fingerprint density at radius 1 is 0.941 bits per heavy atom. The second-order valence-electron chi connectivity index (χ2n) is 15.5. The number of fused-ring (bicyclic) bond motifs is 3. The van der Waals surface area contributed by atoms with Crippen molar-refractivity contribution in [1.29, 1.82) is 0 Å². The van der Waals surface area contributed by atoms with Gasteiger partial charge in [0, 0.05) is 55.8 Å². The van der Waals surface area contributed by atoms with E-state index in [1.54, 1.807) is 47.0 Å². The van der Waals surface area contributed by atoms with E-state index in [2.05, 4.69) is 15.6 Å². The Morgan fingerprint density at radius 3 is 2.29 bits per heavy atom. The summed E-state index contributed by atoms with van der Waals surface area (Å²) in [6.07, 6.45) is 1.31. The van der Waals surface area contributed by atoms with Gasteiger partial charge in [0.25, 0.3) is 0 Å². The van der Waals surface area contributed by atoms with Crippen molar-refractivity contribution in [1.82, 2.24) is 14.8 Å². The SMILES string of the molecule is CN(Cc1ccccc1CN(CC(=O)Nc1ccc2c(c1)C[C@@]1(C2)C(=O)Nc2ncccc21)C(=O)C1(C)CCC(F)(F)CC1)C(=O)OC(C)(C)C. The summed E-state index contributed by atoms with van der Waals surface area (Å²) in [5.74, 6) is -3.18. The van der Waals surface area contributed by atoms with E-state index in [9.17, 15) is 28.0 Å². The van der Waals surface area contributed by atoms with Crippen LogP contribution in [0.4, 0.5) is 25.1 Å². The molecule has 1 fully saturated rings. The fourth-order valence-electron chi connectivity index (χ4n) is 7.41. The van der Waals surface area contributed by atoms with E-state index in [1.807, 2.05) is 48.5 Å². The summed E-state index contributed by atoms with van der Waals surface area (Å²) in [4.78, 5) is 61.0. The summed E-state index contributed by atoms with van der Waals surface area (Å²) >= 11 is 0. The molecule has 1 aliphatic heterocycles. The Bertz CT molecular complexity index is 1860. The first kappa shape index (κ1) is 35.9. The fourth-order valence-corrected chi connectivity index (χ4v) is 7.41. The quantitative estimate of drug-likeness (QED) is 0.273. The molecule has 10 nitrogen and oxygen atoms in total. The molecular weight excluding hydrogens is 656 g/mol. The molecule has 0 unspecified atom stereocenters. The molecular formula is C39H45F2N5O5. The molecule has 2 N–H and O–H groups in total. The molecule has 6 rings (SSSR count). The van der Waals surface area contributed by atoms with E-state index in [0.29, 0.717) is 29.9 Å². The van der Waals surface area contributed by atoms with Gasteiger partial charge in [-0.05, 0) is 86.9 Å². The number of nitrogens with zero attached hydrogens (tertiary/aromatic N) is 3. The maximum absolute atomic E-state index is 14.2. The van der Waals surface area contributed by atoms with Gasteiger partial charge >= 0.3 is 6.09 Å². The minimum Gasteiger partial charge on any atom is -0.444 e. The second-order valence-corrected chi connectivity index (χ2v) is 15.5. The minimum atomic E-state index is -2.83. The lowest BCUT2D eigenvalue weighted by atomic mass is 9.73. The summed E-state index contributed by atoms with van der Waals surface area (Å²) in [6, 6.07) is 16.6. The predicted molar refractivity (Wildman–Crippen MR) is 188 cm³/mol. The van der Waals surface area contributed by atoms with Crippen LogP contribution in [0.15, 0.2) is 60.8 Å². The molecule has 0 bridgehead atoms. The van der Waals surface area contributed by atoms with Crippen molar-refractivity contribution < 1.29 is 32.7 Å². The first-order valence-electron chi connectivity index (χ1n) is 17.3. The zero-order valence-electron chi connectivity index (χ0n) is 29.8. The highest BCUT2D eigenvalue weighted by Crippen LogP contribution is 2.47. The lowest BCUT2D eigenvalue weighted by Crippen LogP contribution is -2.48. The molecule has 2 aliphatic carbocycles. The van der Waals surface area contributed by atoms with Crippen molar-refractivity contribution >= 4 is 35.3 Å². The Balaban J connectivity index is 1.21. The third kappa shape index (κ3) is 7.60. The molecule has 1 spiro atoms. The Kier molecular flexibility index (Phi) is 9.41. The molecule has 51 heavy (non-hydrogen) atoms. The minimum absolute atomic E-state index is 0.00121. The molecule has 0 saturated heterocycles. The number of aromatic nitrogens is 1. The monoisotopic (exact) mass is 701 g/mol. The van der Waals surface area contributed by atoms with Gasteiger partial charge in [-0.2, -0.15) is 0 Å². The summed E-state index contributed by atoms with van der Waals surface area (Å²) in [7, 11) is 1.62. The normalized spacial score (nSPS) is 19.9. The first-order chi connectivity index (χ1) is 24.0. The Labute approximate surface area is 296 Å². The number of amides is 4. The Morgan fingerprint density at radius 2 is 1.61 bits per heavy atom. The lowest BCUT2D eigenvalue weighted by Gasteiger charge is -2.39. The van der Waals surface area contributed by atoms with Crippen LogP contribution in [0.1, 0.15) is 81.2 Å². The molecule has 3 aliphatic rings. The van der Waals surface area contributed by atoms with Crippen molar-refractivity contribution in [2.24, 2.45) is 5.41 Å². The van der Waals surface area contributed by atoms with E-state index in [-0.39, 0.29) is 44.3 Å². The molecule has 3 aromatic rings. The molecule has 2 heterocycles. The zero-order chi connectivity index (χ0) is 36.8. The van der Waals surface area contributed by atoms with E-state index in [1.165, 1.54) is 9.80 Å². The van der Waals surface area contributed by atoms with Crippen molar-refractivity contribution in [3.8, 4) is 0 Å². The average Bonchev–Trinajstić information content (AvgIpc) is 3.58. The van der Waals surface area contributed by atoms with Crippen LogP contribution in [0.5, 0.6) is 0 Å². The number of anilines is 2. The fraction of sp³-hybridized carbons (Fsp3) is 0.462. The lowest BCUT2D eigenvalue weighted by molar-refractivity contribution is -0.150. The molecule has 4 amide bonds. The third-order valence-electron chi connectivity index (χ3n) is 10.3. The van der Waals surface area contributed by atoms with Gasteiger partial charge in [0.2, 0.25) is 23.6 Å². The van der Waals surface area contributed by atoms with Gasteiger partial charge in [-0.25, -0.2) is 18.6 Å². The summed E-state index contributed by atoms with van der Waals surface area (Å²) < 4.78 is 33.9. The van der Waals surface area contributed by atoms with Crippen LogP contribution in [-0.4, -0.2) is 63.7 Å². The molecule has 2 aromatic carbocycles. The number of hydrogen-bond donors (Lipinski definition) is 2. The number of nitrogens with one attached hydrogen (secondary N) is 2. The van der Waals surface area contributed by atoms with Crippen LogP contribution in [0.2, 0.25) is 0 Å². The summed E-state index contributed by atoms with van der Waals surface area (Å²) in [6.45, 7) is 6.96. The predicted octanol–water partition coefficient (Wildman–Crippen LogP) is 6.62. The van der Waals surface area contributed by atoms with Gasteiger partial charge < -0.3 is 25.2 Å². The second kappa shape index (κ2) is 13.4. The van der Waals surface area contributed by atoms with Crippen LogP contribution in [-0.2, 0) is 50.5 Å². The number of halogens is 2. The van der Waals surface area contributed by atoms with Crippen LogP contribution < -0.4 is 10.6 Å². The molecule has 1 saturated carbocycles. The topological polar surface area (TPSA) is 121 Å². The Hall–Kier alpha value is -4.87. The number of ether oxygens (including phenoxy) is 1. The van der Waals surface area contributed by atoms with Crippen LogP contribution in [0.3, 0.4) is 0 Å². The third-order valence-corrected chi connectivity index (χ3v) is 10.3.